The summed E-state index contributed by atoms with van der Waals surface area (Å²) in [6, 6.07) is 0.425. The van der Waals surface area contributed by atoms with Crippen molar-refractivity contribution in [2.24, 2.45) is 5.92 Å². The summed E-state index contributed by atoms with van der Waals surface area (Å²) in [4.78, 5) is 0. The lowest BCUT2D eigenvalue weighted by molar-refractivity contribution is 0.102. The predicted molar refractivity (Wildman–Crippen MR) is 77.6 cm³/mol. The number of aliphatic hydroxyl groups is 1. The van der Waals surface area contributed by atoms with Gasteiger partial charge in [0, 0.05) is 12.6 Å². The van der Waals surface area contributed by atoms with Gasteiger partial charge in [-0.05, 0) is 19.3 Å². The molecular formula is C13H25N3O2S. The number of rotatable bonds is 10. The zero-order chi connectivity index (χ0) is 14.1. The summed E-state index contributed by atoms with van der Waals surface area (Å²) < 4.78 is 13.0. The number of hydrogen-bond donors (Lipinski definition) is 2. The zero-order valence-electron chi connectivity index (χ0n) is 12.0. The summed E-state index contributed by atoms with van der Waals surface area (Å²) in [5.74, 6) is 1.24. The average molecular weight is 287 g/mol. The van der Waals surface area contributed by atoms with E-state index in [0.29, 0.717) is 18.5 Å². The van der Waals surface area contributed by atoms with Gasteiger partial charge in [0.05, 0.1) is 11.7 Å². The summed E-state index contributed by atoms with van der Waals surface area (Å²) >= 11 is 1.10. The van der Waals surface area contributed by atoms with E-state index in [1.54, 1.807) is 6.20 Å². The molecule has 1 rings (SSSR count). The van der Waals surface area contributed by atoms with Gasteiger partial charge in [-0.15, -0.1) is 4.37 Å². The second-order valence-corrected chi connectivity index (χ2v) is 5.90. The summed E-state index contributed by atoms with van der Waals surface area (Å²) in [5, 5.41) is 13.1. The molecule has 0 aliphatic heterocycles. The van der Waals surface area contributed by atoms with Crippen LogP contribution in [0.4, 0.5) is 0 Å². The first-order valence-corrected chi connectivity index (χ1v) is 7.62. The molecule has 2 atom stereocenters. The van der Waals surface area contributed by atoms with Crippen LogP contribution in [0.5, 0.6) is 5.88 Å². The van der Waals surface area contributed by atoms with Crippen molar-refractivity contribution < 1.29 is 9.84 Å². The van der Waals surface area contributed by atoms with E-state index in [1.807, 2.05) is 0 Å². The molecule has 6 heteroatoms. The van der Waals surface area contributed by atoms with E-state index in [1.165, 1.54) is 12.8 Å². The Morgan fingerprint density at radius 3 is 2.79 bits per heavy atom. The maximum absolute atomic E-state index is 9.78. The van der Waals surface area contributed by atoms with Crippen molar-refractivity contribution in [3.05, 3.63) is 6.20 Å². The molecule has 2 N–H and O–H groups in total. The number of nitrogens with one attached hydrogen (secondary N) is 1. The van der Waals surface area contributed by atoms with Crippen molar-refractivity contribution in [3.8, 4) is 5.88 Å². The van der Waals surface area contributed by atoms with Crippen LogP contribution < -0.4 is 10.1 Å². The minimum atomic E-state index is -0.519. The van der Waals surface area contributed by atoms with E-state index < -0.39 is 6.10 Å². The Labute approximate surface area is 119 Å². The first-order valence-electron chi connectivity index (χ1n) is 6.89. The minimum absolute atomic E-state index is 0.247. The SMILES string of the molecule is CC(C)CCCC(C)NCC(O)COc1cnsn1. The van der Waals surface area contributed by atoms with Gasteiger partial charge in [0.1, 0.15) is 18.9 Å². The molecule has 19 heavy (non-hydrogen) atoms. The van der Waals surface area contributed by atoms with Crippen LogP contribution in [0.2, 0.25) is 0 Å². The van der Waals surface area contributed by atoms with Gasteiger partial charge < -0.3 is 15.2 Å². The molecule has 0 spiro atoms. The van der Waals surface area contributed by atoms with Crippen molar-refractivity contribution in [3.63, 3.8) is 0 Å². The van der Waals surface area contributed by atoms with E-state index >= 15 is 0 Å². The predicted octanol–water partition coefficient (Wildman–Crippen LogP) is 2.08. The molecule has 110 valence electrons. The molecule has 5 nitrogen and oxygen atoms in total. The largest absolute Gasteiger partial charge is 0.473 e. The van der Waals surface area contributed by atoms with Gasteiger partial charge in [-0.2, -0.15) is 4.37 Å². The van der Waals surface area contributed by atoms with Crippen molar-refractivity contribution in [2.75, 3.05) is 13.2 Å². The molecule has 0 saturated carbocycles. The third kappa shape index (κ3) is 8.13. The lowest BCUT2D eigenvalue weighted by Crippen LogP contribution is -2.36. The van der Waals surface area contributed by atoms with Gasteiger partial charge in [0.15, 0.2) is 0 Å². The van der Waals surface area contributed by atoms with Gasteiger partial charge in [0.2, 0.25) is 5.88 Å². The molecular weight excluding hydrogens is 262 g/mol. The number of hydrogen-bond acceptors (Lipinski definition) is 6. The van der Waals surface area contributed by atoms with Crippen LogP contribution in [-0.2, 0) is 0 Å². The van der Waals surface area contributed by atoms with Gasteiger partial charge in [-0.1, -0.05) is 26.7 Å². The highest BCUT2D eigenvalue weighted by atomic mass is 32.1. The van der Waals surface area contributed by atoms with Crippen LogP contribution in [0.25, 0.3) is 0 Å². The minimum Gasteiger partial charge on any atom is -0.473 e. The Morgan fingerprint density at radius 2 is 2.16 bits per heavy atom. The normalized spacial score (nSPS) is 14.6. The highest BCUT2D eigenvalue weighted by Gasteiger charge is 2.09. The van der Waals surface area contributed by atoms with Gasteiger partial charge in [-0.25, -0.2) is 0 Å². The number of aromatic nitrogens is 2. The third-order valence-corrected chi connectivity index (χ3v) is 3.35. The van der Waals surface area contributed by atoms with Crippen LogP contribution >= 0.6 is 11.7 Å². The highest BCUT2D eigenvalue weighted by molar-refractivity contribution is 6.99. The standard InChI is InChI=1S/C13H25N3O2S/c1-10(2)5-4-6-11(3)14-7-12(17)9-18-13-8-15-19-16-13/h8,10-12,14,17H,4-7,9H2,1-3H3. The van der Waals surface area contributed by atoms with Gasteiger partial charge >= 0.3 is 0 Å². The Bertz CT molecular complexity index is 320. The highest BCUT2D eigenvalue weighted by Crippen LogP contribution is 2.08. The first kappa shape index (κ1) is 16.3. The fourth-order valence-electron chi connectivity index (χ4n) is 1.73. The molecule has 0 radical (unpaired) electrons. The third-order valence-electron chi connectivity index (χ3n) is 2.89. The van der Waals surface area contributed by atoms with Crippen molar-refractivity contribution in [2.45, 2.75) is 52.2 Å². The molecule has 0 fully saturated rings. The molecule has 1 aromatic heterocycles. The van der Waals surface area contributed by atoms with Crippen LogP contribution in [0.3, 0.4) is 0 Å². The van der Waals surface area contributed by atoms with Crippen LogP contribution in [-0.4, -0.2) is 39.2 Å². The molecule has 0 amide bonds. The Hall–Kier alpha value is -0.720. The molecule has 0 aromatic carbocycles. The molecule has 0 aliphatic rings. The molecule has 0 bridgehead atoms. The van der Waals surface area contributed by atoms with E-state index in [9.17, 15) is 5.11 Å². The van der Waals surface area contributed by atoms with E-state index in [2.05, 4.69) is 34.8 Å². The van der Waals surface area contributed by atoms with Crippen LogP contribution in [0, 0.1) is 5.92 Å². The van der Waals surface area contributed by atoms with E-state index in [-0.39, 0.29) is 6.61 Å². The quantitative estimate of drug-likeness (QED) is 0.689. The topological polar surface area (TPSA) is 67.3 Å². The van der Waals surface area contributed by atoms with Crippen molar-refractivity contribution in [1.82, 2.24) is 14.1 Å². The fraction of sp³-hybridized carbons (Fsp3) is 0.846. The lowest BCUT2D eigenvalue weighted by Gasteiger charge is -2.17. The molecule has 1 heterocycles. The maximum atomic E-state index is 9.78. The Balaban J connectivity index is 2.03. The smallest absolute Gasteiger partial charge is 0.245 e. The van der Waals surface area contributed by atoms with Crippen molar-refractivity contribution in [1.29, 1.82) is 0 Å². The summed E-state index contributed by atoms with van der Waals surface area (Å²) in [7, 11) is 0. The summed E-state index contributed by atoms with van der Waals surface area (Å²) in [6.45, 7) is 7.43. The maximum Gasteiger partial charge on any atom is 0.245 e. The lowest BCUT2D eigenvalue weighted by atomic mass is 10.0. The molecule has 1 aromatic rings. The summed E-state index contributed by atoms with van der Waals surface area (Å²) in [5.41, 5.74) is 0. The van der Waals surface area contributed by atoms with Crippen LogP contribution in [0.15, 0.2) is 6.20 Å². The van der Waals surface area contributed by atoms with Gasteiger partial charge in [-0.3, -0.25) is 0 Å². The van der Waals surface area contributed by atoms with Crippen molar-refractivity contribution >= 4 is 11.7 Å². The number of ether oxygens (including phenoxy) is 1. The fourth-order valence-corrected chi connectivity index (χ4v) is 2.10. The van der Waals surface area contributed by atoms with Crippen LogP contribution in [0.1, 0.15) is 40.0 Å². The zero-order valence-corrected chi connectivity index (χ0v) is 12.8. The molecule has 0 aliphatic carbocycles. The Kier molecular flexibility index (Phi) is 7.93. The molecule has 0 saturated heterocycles. The first-order chi connectivity index (χ1) is 9.08. The second kappa shape index (κ2) is 9.23. The number of aliphatic hydroxyl groups excluding tert-OH is 1. The Morgan fingerprint density at radius 1 is 1.37 bits per heavy atom. The summed E-state index contributed by atoms with van der Waals surface area (Å²) in [6.07, 6.45) is 4.66. The van der Waals surface area contributed by atoms with Gasteiger partial charge in [0.25, 0.3) is 0 Å². The molecule has 2 unspecified atom stereocenters. The monoisotopic (exact) mass is 287 g/mol. The van der Waals surface area contributed by atoms with E-state index in [4.69, 9.17) is 4.74 Å². The van der Waals surface area contributed by atoms with E-state index in [0.717, 1.165) is 24.1 Å². The average Bonchev–Trinajstić information content (AvgIpc) is 2.86. The number of nitrogens with zero attached hydrogens (tertiary/aromatic N) is 2. The second-order valence-electron chi connectivity index (χ2n) is 5.34.